The highest BCUT2D eigenvalue weighted by molar-refractivity contribution is 5.81. The molecule has 0 aliphatic rings. The van der Waals surface area contributed by atoms with Gasteiger partial charge in [0.25, 0.3) is 0 Å². The van der Waals surface area contributed by atoms with Crippen LogP contribution in [-0.4, -0.2) is 30.7 Å². The second kappa shape index (κ2) is 7.53. The second-order valence-electron chi connectivity index (χ2n) is 4.25. The summed E-state index contributed by atoms with van der Waals surface area (Å²) in [4.78, 5) is 11.5. The number of nitrogens with one attached hydrogen (secondary N) is 2. The van der Waals surface area contributed by atoms with E-state index in [1.807, 2.05) is 6.92 Å². The van der Waals surface area contributed by atoms with Gasteiger partial charge in [-0.2, -0.15) is 13.2 Å². The number of unbranched alkanes of at least 4 members (excludes halogenated alkanes) is 1. The van der Waals surface area contributed by atoms with Crippen molar-refractivity contribution in [1.29, 1.82) is 0 Å². The molecule has 17 heavy (non-hydrogen) atoms. The fourth-order valence-electron chi connectivity index (χ4n) is 1.45. The SMILES string of the molecule is CCCCNC(=O)C(C)NC(C)CC(F)(F)F. The molecule has 0 aromatic rings. The maximum Gasteiger partial charge on any atom is 0.390 e. The summed E-state index contributed by atoms with van der Waals surface area (Å²) < 4.78 is 36.2. The zero-order chi connectivity index (χ0) is 13.5. The maximum absolute atomic E-state index is 12.1. The predicted octanol–water partition coefficient (Wildman–Crippen LogP) is 2.22. The van der Waals surface area contributed by atoms with Crippen molar-refractivity contribution in [3.05, 3.63) is 0 Å². The Morgan fingerprint density at radius 2 is 1.88 bits per heavy atom. The van der Waals surface area contributed by atoms with E-state index in [0.717, 1.165) is 12.8 Å². The van der Waals surface area contributed by atoms with Crippen molar-refractivity contribution in [3.63, 3.8) is 0 Å². The monoisotopic (exact) mass is 254 g/mol. The van der Waals surface area contributed by atoms with Gasteiger partial charge < -0.3 is 10.6 Å². The van der Waals surface area contributed by atoms with Crippen molar-refractivity contribution in [2.75, 3.05) is 6.54 Å². The Bertz CT molecular complexity index is 231. The van der Waals surface area contributed by atoms with Crippen LogP contribution in [0, 0.1) is 0 Å². The highest BCUT2D eigenvalue weighted by Gasteiger charge is 2.30. The number of rotatable bonds is 7. The van der Waals surface area contributed by atoms with Gasteiger partial charge in [-0.3, -0.25) is 4.79 Å². The van der Waals surface area contributed by atoms with E-state index in [9.17, 15) is 18.0 Å². The molecule has 2 unspecified atom stereocenters. The Morgan fingerprint density at radius 1 is 1.29 bits per heavy atom. The van der Waals surface area contributed by atoms with Gasteiger partial charge in [0.1, 0.15) is 0 Å². The van der Waals surface area contributed by atoms with Crippen molar-refractivity contribution in [3.8, 4) is 0 Å². The minimum atomic E-state index is -4.20. The third kappa shape index (κ3) is 8.97. The van der Waals surface area contributed by atoms with Gasteiger partial charge in [-0.05, 0) is 20.3 Å². The van der Waals surface area contributed by atoms with Crippen LogP contribution >= 0.6 is 0 Å². The van der Waals surface area contributed by atoms with Crippen LogP contribution < -0.4 is 10.6 Å². The molecule has 0 fully saturated rings. The molecular weight excluding hydrogens is 233 g/mol. The topological polar surface area (TPSA) is 41.1 Å². The summed E-state index contributed by atoms with van der Waals surface area (Å²) in [5, 5.41) is 5.30. The van der Waals surface area contributed by atoms with E-state index in [4.69, 9.17) is 0 Å². The quantitative estimate of drug-likeness (QED) is 0.684. The van der Waals surface area contributed by atoms with E-state index in [-0.39, 0.29) is 5.91 Å². The largest absolute Gasteiger partial charge is 0.390 e. The van der Waals surface area contributed by atoms with Gasteiger partial charge in [0.05, 0.1) is 12.5 Å². The number of carbonyl (C=O) groups excluding carboxylic acids is 1. The Balaban J connectivity index is 3.90. The second-order valence-corrected chi connectivity index (χ2v) is 4.25. The van der Waals surface area contributed by atoms with Crippen LogP contribution in [0.2, 0.25) is 0 Å². The summed E-state index contributed by atoms with van der Waals surface area (Å²) in [5.41, 5.74) is 0. The van der Waals surface area contributed by atoms with E-state index < -0.39 is 24.7 Å². The summed E-state index contributed by atoms with van der Waals surface area (Å²) in [7, 11) is 0. The Labute approximate surface area is 100 Å². The Kier molecular flexibility index (Phi) is 7.18. The highest BCUT2D eigenvalue weighted by Crippen LogP contribution is 2.21. The lowest BCUT2D eigenvalue weighted by Gasteiger charge is -2.20. The minimum absolute atomic E-state index is 0.257. The van der Waals surface area contributed by atoms with Crippen molar-refractivity contribution >= 4 is 5.91 Å². The zero-order valence-electron chi connectivity index (χ0n) is 10.5. The van der Waals surface area contributed by atoms with E-state index in [2.05, 4.69) is 10.6 Å². The molecule has 3 nitrogen and oxygen atoms in total. The van der Waals surface area contributed by atoms with Crippen LogP contribution in [-0.2, 0) is 4.79 Å². The molecule has 0 aromatic heterocycles. The van der Waals surface area contributed by atoms with Crippen molar-refractivity contribution in [2.45, 2.75) is 58.3 Å². The van der Waals surface area contributed by atoms with E-state index in [1.54, 1.807) is 6.92 Å². The molecule has 1 amide bonds. The smallest absolute Gasteiger partial charge is 0.355 e. The first-order chi connectivity index (χ1) is 7.76. The van der Waals surface area contributed by atoms with Crippen LogP contribution in [0.1, 0.15) is 40.0 Å². The number of halogens is 3. The lowest BCUT2D eigenvalue weighted by Crippen LogP contribution is -2.47. The fraction of sp³-hybridized carbons (Fsp3) is 0.909. The van der Waals surface area contributed by atoms with Crippen molar-refractivity contribution < 1.29 is 18.0 Å². The Hall–Kier alpha value is -0.780. The Morgan fingerprint density at radius 3 is 2.35 bits per heavy atom. The lowest BCUT2D eigenvalue weighted by atomic mass is 10.2. The number of hydrogen-bond donors (Lipinski definition) is 2. The third-order valence-electron chi connectivity index (χ3n) is 2.30. The average Bonchev–Trinajstić information content (AvgIpc) is 2.14. The average molecular weight is 254 g/mol. The van der Waals surface area contributed by atoms with Crippen LogP contribution in [0.15, 0.2) is 0 Å². The molecule has 0 radical (unpaired) electrons. The molecular formula is C11H21F3N2O. The number of carbonyl (C=O) groups is 1. The molecule has 2 N–H and O–H groups in total. The first-order valence-corrected chi connectivity index (χ1v) is 5.86. The van der Waals surface area contributed by atoms with Gasteiger partial charge in [-0.25, -0.2) is 0 Å². The maximum atomic E-state index is 12.1. The van der Waals surface area contributed by atoms with Crippen LogP contribution in [0.4, 0.5) is 13.2 Å². The highest BCUT2D eigenvalue weighted by atomic mass is 19.4. The standard InChI is InChI=1S/C11H21F3N2O/c1-4-5-6-15-10(17)9(3)16-8(2)7-11(12,13)14/h8-9,16H,4-7H2,1-3H3,(H,15,17). The van der Waals surface area contributed by atoms with Crippen molar-refractivity contribution in [1.82, 2.24) is 10.6 Å². The molecule has 0 saturated carbocycles. The zero-order valence-corrected chi connectivity index (χ0v) is 10.5. The molecule has 0 aromatic carbocycles. The third-order valence-corrected chi connectivity index (χ3v) is 2.30. The lowest BCUT2D eigenvalue weighted by molar-refractivity contribution is -0.140. The van der Waals surface area contributed by atoms with Crippen LogP contribution in [0.3, 0.4) is 0 Å². The van der Waals surface area contributed by atoms with E-state index in [0.29, 0.717) is 6.54 Å². The van der Waals surface area contributed by atoms with Gasteiger partial charge in [0.2, 0.25) is 5.91 Å². The van der Waals surface area contributed by atoms with E-state index in [1.165, 1.54) is 6.92 Å². The van der Waals surface area contributed by atoms with Gasteiger partial charge in [-0.1, -0.05) is 13.3 Å². The van der Waals surface area contributed by atoms with Crippen molar-refractivity contribution in [2.24, 2.45) is 0 Å². The fourth-order valence-corrected chi connectivity index (χ4v) is 1.45. The molecule has 0 aliphatic carbocycles. The van der Waals surface area contributed by atoms with Gasteiger partial charge >= 0.3 is 6.18 Å². The van der Waals surface area contributed by atoms with Gasteiger partial charge in [-0.15, -0.1) is 0 Å². The molecule has 102 valence electrons. The molecule has 0 heterocycles. The molecule has 0 spiro atoms. The first-order valence-electron chi connectivity index (χ1n) is 5.86. The number of hydrogen-bond acceptors (Lipinski definition) is 2. The minimum Gasteiger partial charge on any atom is -0.355 e. The summed E-state index contributed by atoms with van der Waals surface area (Å²) in [6, 6.07) is -1.37. The van der Waals surface area contributed by atoms with Crippen LogP contribution in [0.5, 0.6) is 0 Å². The summed E-state index contributed by atoms with van der Waals surface area (Å²) in [5.74, 6) is -0.257. The normalized spacial score (nSPS) is 15.4. The molecule has 0 bridgehead atoms. The van der Waals surface area contributed by atoms with Gasteiger partial charge in [0.15, 0.2) is 0 Å². The van der Waals surface area contributed by atoms with Gasteiger partial charge in [0, 0.05) is 12.6 Å². The first kappa shape index (κ1) is 16.2. The summed E-state index contributed by atoms with van der Waals surface area (Å²) >= 11 is 0. The summed E-state index contributed by atoms with van der Waals surface area (Å²) in [6.45, 7) is 5.55. The molecule has 0 saturated heterocycles. The summed E-state index contributed by atoms with van der Waals surface area (Å²) in [6.07, 6.45) is -3.30. The molecule has 6 heteroatoms. The molecule has 0 aliphatic heterocycles. The predicted molar refractivity (Wildman–Crippen MR) is 60.6 cm³/mol. The number of alkyl halides is 3. The molecule has 2 atom stereocenters. The van der Waals surface area contributed by atoms with E-state index >= 15 is 0 Å². The molecule has 0 rings (SSSR count). The number of amides is 1. The van der Waals surface area contributed by atoms with Crippen LogP contribution in [0.25, 0.3) is 0 Å².